The van der Waals surface area contributed by atoms with E-state index in [1.165, 1.54) is 6.42 Å². The minimum absolute atomic E-state index is 0.199. The molecular formula is C11H23N3O. The van der Waals surface area contributed by atoms with E-state index in [0.717, 1.165) is 13.0 Å². The van der Waals surface area contributed by atoms with E-state index in [2.05, 4.69) is 4.90 Å². The molecule has 0 saturated carbocycles. The molecule has 0 bridgehead atoms. The summed E-state index contributed by atoms with van der Waals surface area (Å²) >= 11 is 0. The number of rotatable bonds is 4. The fourth-order valence-electron chi connectivity index (χ4n) is 1.94. The summed E-state index contributed by atoms with van der Waals surface area (Å²) in [6.45, 7) is 6.26. The second kappa shape index (κ2) is 5.47. The highest BCUT2D eigenvalue weighted by Gasteiger charge is 2.26. The Morgan fingerprint density at radius 1 is 1.60 bits per heavy atom. The summed E-state index contributed by atoms with van der Waals surface area (Å²) in [4.78, 5) is 15.9. The fraction of sp³-hybridized carbons (Fsp3) is 0.909. The zero-order valence-electron chi connectivity index (χ0n) is 10.1. The largest absolute Gasteiger partial charge is 0.342 e. The Labute approximate surface area is 92.4 Å². The van der Waals surface area contributed by atoms with Gasteiger partial charge in [0, 0.05) is 25.7 Å². The van der Waals surface area contributed by atoms with Gasteiger partial charge in [-0.15, -0.1) is 0 Å². The first kappa shape index (κ1) is 12.5. The number of nitrogens with two attached hydrogens (primary N) is 1. The maximum Gasteiger partial charge on any atom is 0.236 e. The van der Waals surface area contributed by atoms with Crippen molar-refractivity contribution >= 4 is 5.91 Å². The zero-order chi connectivity index (χ0) is 11.4. The van der Waals surface area contributed by atoms with Gasteiger partial charge in [0.1, 0.15) is 0 Å². The Hall–Kier alpha value is -0.610. The normalized spacial score (nSPS) is 22.3. The van der Waals surface area contributed by atoms with E-state index in [1.807, 2.05) is 20.9 Å². The summed E-state index contributed by atoms with van der Waals surface area (Å²) < 4.78 is 0. The van der Waals surface area contributed by atoms with Crippen LogP contribution in [0.5, 0.6) is 0 Å². The van der Waals surface area contributed by atoms with Crippen molar-refractivity contribution < 1.29 is 4.79 Å². The molecule has 88 valence electrons. The van der Waals surface area contributed by atoms with E-state index in [9.17, 15) is 4.79 Å². The summed E-state index contributed by atoms with van der Waals surface area (Å²) in [5, 5.41) is 0. The molecule has 1 amide bonds. The summed E-state index contributed by atoms with van der Waals surface area (Å²) in [5.74, 6) is 0.199. The standard InChI is InChI=1S/C11H23N3O/c1-9(2)13(3)11(15)8-14-6-4-5-10(14)7-12/h9-10H,4-8,12H2,1-3H3. The monoisotopic (exact) mass is 213 g/mol. The molecule has 0 aromatic rings. The van der Waals surface area contributed by atoms with Gasteiger partial charge in [0.05, 0.1) is 6.54 Å². The Balaban J connectivity index is 2.43. The summed E-state index contributed by atoms with van der Waals surface area (Å²) in [7, 11) is 1.86. The van der Waals surface area contributed by atoms with Crippen molar-refractivity contribution in [3.63, 3.8) is 0 Å². The SMILES string of the molecule is CC(C)N(C)C(=O)CN1CCCC1CN. The first-order valence-corrected chi connectivity index (χ1v) is 5.76. The van der Waals surface area contributed by atoms with Crippen molar-refractivity contribution in [2.75, 3.05) is 26.7 Å². The molecule has 4 heteroatoms. The van der Waals surface area contributed by atoms with Crippen LogP contribution in [0.1, 0.15) is 26.7 Å². The van der Waals surface area contributed by atoms with Crippen molar-refractivity contribution in [2.24, 2.45) is 5.73 Å². The number of hydrogen-bond acceptors (Lipinski definition) is 3. The molecule has 0 spiro atoms. The minimum atomic E-state index is 0.199. The maximum absolute atomic E-state index is 11.8. The van der Waals surface area contributed by atoms with Crippen LogP contribution in [0.15, 0.2) is 0 Å². The highest BCUT2D eigenvalue weighted by atomic mass is 16.2. The Morgan fingerprint density at radius 3 is 2.80 bits per heavy atom. The molecule has 1 rings (SSSR count). The second-order valence-corrected chi connectivity index (χ2v) is 4.60. The van der Waals surface area contributed by atoms with E-state index < -0.39 is 0 Å². The number of nitrogens with zero attached hydrogens (tertiary/aromatic N) is 2. The third-order valence-corrected chi connectivity index (χ3v) is 3.28. The summed E-state index contributed by atoms with van der Waals surface area (Å²) in [6, 6.07) is 0.686. The van der Waals surface area contributed by atoms with E-state index in [4.69, 9.17) is 5.73 Å². The molecule has 2 N–H and O–H groups in total. The fourth-order valence-corrected chi connectivity index (χ4v) is 1.94. The molecule has 1 aliphatic heterocycles. The van der Waals surface area contributed by atoms with Crippen LogP contribution < -0.4 is 5.73 Å². The van der Waals surface area contributed by atoms with Gasteiger partial charge in [-0.05, 0) is 33.2 Å². The highest BCUT2D eigenvalue weighted by Crippen LogP contribution is 2.15. The summed E-state index contributed by atoms with van der Waals surface area (Å²) in [5.41, 5.74) is 5.67. The molecule has 1 saturated heterocycles. The molecule has 15 heavy (non-hydrogen) atoms. The van der Waals surface area contributed by atoms with E-state index in [0.29, 0.717) is 19.1 Å². The van der Waals surface area contributed by atoms with Crippen LogP contribution in [-0.4, -0.2) is 54.5 Å². The second-order valence-electron chi connectivity index (χ2n) is 4.60. The smallest absolute Gasteiger partial charge is 0.236 e. The number of hydrogen-bond donors (Lipinski definition) is 1. The van der Waals surface area contributed by atoms with Gasteiger partial charge in [-0.25, -0.2) is 0 Å². The molecule has 1 atom stereocenters. The molecule has 0 aromatic heterocycles. The van der Waals surface area contributed by atoms with Crippen molar-refractivity contribution in [2.45, 2.75) is 38.8 Å². The van der Waals surface area contributed by atoms with E-state index in [1.54, 1.807) is 4.90 Å². The number of likely N-dealkylation sites (tertiary alicyclic amines) is 1. The molecule has 1 aliphatic rings. The molecule has 1 fully saturated rings. The van der Waals surface area contributed by atoms with Crippen LogP contribution in [0.3, 0.4) is 0 Å². The lowest BCUT2D eigenvalue weighted by molar-refractivity contribution is -0.132. The average Bonchev–Trinajstić information content (AvgIpc) is 2.63. The lowest BCUT2D eigenvalue weighted by Crippen LogP contribution is -2.44. The van der Waals surface area contributed by atoms with Crippen molar-refractivity contribution in [1.29, 1.82) is 0 Å². The first-order valence-electron chi connectivity index (χ1n) is 5.76. The topological polar surface area (TPSA) is 49.6 Å². The van der Waals surface area contributed by atoms with Gasteiger partial charge >= 0.3 is 0 Å². The minimum Gasteiger partial charge on any atom is -0.342 e. The number of carbonyl (C=O) groups is 1. The van der Waals surface area contributed by atoms with Crippen LogP contribution in [-0.2, 0) is 4.79 Å². The van der Waals surface area contributed by atoms with Crippen molar-refractivity contribution in [3.05, 3.63) is 0 Å². The molecule has 1 heterocycles. The van der Waals surface area contributed by atoms with Gasteiger partial charge in [0.2, 0.25) is 5.91 Å². The van der Waals surface area contributed by atoms with Gasteiger partial charge < -0.3 is 10.6 Å². The van der Waals surface area contributed by atoms with Crippen LogP contribution in [0, 0.1) is 0 Å². The Morgan fingerprint density at radius 2 is 2.27 bits per heavy atom. The van der Waals surface area contributed by atoms with Gasteiger partial charge in [0.25, 0.3) is 0 Å². The van der Waals surface area contributed by atoms with E-state index in [-0.39, 0.29) is 11.9 Å². The average molecular weight is 213 g/mol. The first-order chi connectivity index (χ1) is 7.06. The molecule has 0 aliphatic carbocycles. The molecule has 0 radical (unpaired) electrons. The quantitative estimate of drug-likeness (QED) is 0.729. The molecule has 0 aromatic carbocycles. The number of amides is 1. The highest BCUT2D eigenvalue weighted by molar-refractivity contribution is 5.78. The molecular weight excluding hydrogens is 190 g/mol. The van der Waals surface area contributed by atoms with Crippen molar-refractivity contribution in [1.82, 2.24) is 9.80 Å². The maximum atomic E-state index is 11.8. The molecule has 1 unspecified atom stereocenters. The number of likely N-dealkylation sites (N-methyl/N-ethyl adjacent to an activating group) is 1. The Kier molecular flexibility index (Phi) is 4.54. The van der Waals surface area contributed by atoms with Gasteiger partial charge in [-0.1, -0.05) is 0 Å². The van der Waals surface area contributed by atoms with E-state index >= 15 is 0 Å². The lowest BCUT2D eigenvalue weighted by Gasteiger charge is -2.27. The predicted molar refractivity (Wildman–Crippen MR) is 61.6 cm³/mol. The lowest BCUT2D eigenvalue weighted by atomic mass is 10.2. The third-order valence-electron chi connectivity index (χ3n) is 3.28. The third kappa shape index (κ3) is 3.18. The zero-order valence-corrected chi connectivity index (χ0v) is 10.1. The predicted octanol–water partition coefficient (Wildman–Crippen LogP) is 0.276. The van der Waals surface area contributed by atoms with Gasteiger partial charge in [-0.3, -0.25) is 9.69 Å². The van der Waals surface area contributed by atoms with Crippen LogP contribution in [0.4, 0.5) is 0 Å². The number of carbonyl (C=O) groups excluding carboxylic acids is 1. The van der Waals surface area contributed by atoms with Gasteiger partial charge in [-0.2, -0.15) is 0 Å². The molecule has 4 nitrogen and oxygen atoms in total. The Bertz CT molecular complexity index is 218. The van der Waals surface area contributed by atoms with Crippen LogP contribution in [0.2, 0.25) is 0 Å². The van der Waals surface area contributed by atoms with Crippen molar-refractivity contribution in [3.8, 4) is 0 Å². The summed E-state index contributed by atoms with van der Waals surface area (Å²) in [6.07, 6.45) is 2.30. The van der Waals surface area contributed by atoms with Gasteiger partial charge in [0.15, 0.2) is 0 Å². The van der Waals surface area contributed by atoms with Crippen LogP contribution in [0.25, 0.3) is 0 Å². The van der Waals surface area contributed by atoms with Crippen LogP contribution >= 0.6 is 0 Å².